The molecule has 5 nitrogen and oxygen atoms in total. The summed E-state index contributed by atoms with van der Waals surface area (Å²) in [7, 11) is 0. The van der Waals surface area contributed by atoms with Crippen LogP contribution in [0.15, 0.2) is 330 Å². The maximum atomic E-state index is 6.09. The highest BCUT2D eigenvalue weighted by atomic mass is 79.9. The van der Waals surface area contributed by atoms with Gasteiger partial charge in [-0.05, 0) is 346 Å². The van der Waals surface area contributed by atoms with Gasteiger partial charge in [0.05, 0.1) is 17.1 Å². The van der Waals surface area contributed by atoms with Gasteiger partial charge >= 0.3 is 0 Å². The van der Waals surface area contributed by atoms with Crippen molar-refractivity contribution in [3.8, 4) is 44.9 Å². The van der Waals surface area contributed by atoms with E-state index in [1.165, 1.54) is 123 Å². The van der Waals surface area contributed by atoms with E-state index in [-0.39, 0.29) is 0 Å². The van der Waals surface area contributed by atoms with Gasteiger partial charge in [-0.1, -0.05) is 211 Å². The summed E-state index contributed by atoms with van der Waals surface area (Å²) in [6.07, 6.45) is 10.8. The van der Waals surface area contributed by atoms with Crippen molar-refractivity contribution in [2.24, 2.45) is 0 Å². The molecule has 2 fully saturated rings. The fourth-order valence-corrected chi connectivity index (χ4v) is 19.5. The highest BCUT2D eigenvalue weighted by Gasteiger charge is 2.39. The summed E-state index contributed by atoms with van der Waals surface area (Å²) in [6, 6.07) is 110. The Morgan fingerprint density at radius 1 is 0.288 bits per heavy atom. The van der Waals surface area contributed by atoms with E-state index in [9.17, 15) is 0 Å². The minimum absolute atomic E-state index is 0.673. The maximum absolute atomic E-state index is 6.09. The van der Waals surface area contributed by atoms with E-state index in [0.717, 1.165) is 107 Å². The monoisotopic (exact) mass is 1830 g/mol. The van der Waals surface area contributed by atoms with Gasteiger partial charge < -0.3 is 24.2 Å². The summed E-state index contributed by atoms with van der Waals surface area (Å²) in [6.45, 7) is 6.18. The molecule has 15 aromatic carbocycles. The molecule has 0 saturated heterocycles. The van der Waals surface area contributed by atoms with Crippen LogP contribution in [0.1, 0.15) is 117 Å². The van der Waals surface area contributed by atoms with Crippen LogP contribution in [0.25, 0.3) is 65.7 Å². The SMILES string of the molecule is Brc1ccc(N(c2ccc(Br)cc2)c2cc3ccccc3cc2-c2ccc3c(c2)C2CCCC3CC2)cc1.CC1(C)Oc2ccc(-c3cc4ccccc4cc3N(c3ccc(Br)cc3)c3ccc(Br)cc3)cc2O1.Cc1cc(-c2cc3ccccc3cc2N(c2ccc(Br)cc2)c2ccc(Br)cc2)cc2c1C1CCC2C1. The molecule has 0 radical (unpaired) electrons. The number of halogens is 6. The van der Waals surface area contributed by atoms with Crippen LogP contribution in [-0.2, 0) is 0 Å². The molecule has 0 spiro atoms. The van der Waals surface area contributed by atoms with Gasteiger partial charge in [0.25, 0.3) is 0 Å². The van der Waals surface area contributed by atoms with Crippen LogP contribution in [-0.4, -0.2) is 5.79 Å². The van der Waals surface area contributed by atoms with Crippen molar-refractivity contribution in [3.63, 3.8) is 0 Å². The summed E-state index contributed by atoms with van der Waals surface area (Å²) in [4.78, 5) is 7.10. The zero-order valence-corrected chi connectivity index (χ0v) is 71.3. The Kier molecular flexibility index (Phi) is 20.6. The lowest BCUT2D eigenvalue weighted by atomic mass is 9.77. The van der Waals surface area contributed by atoms with Crippen molar-refractivity contribution in [2.45, 2.75) is 102 Å². The second-order valence-electron chi connectivity index (χ2n) is 30.5. The molecule has 21 rings (SSSR count). The first kappa shape index (κ1) is 73.4. The predicted molar refractivity (Wildman–Crippen MR) is 486 cm³/mol. The number of rotatable bonds is 12. The third-order valence-corrected chi connectivity index (χ3v) is 26.2. The molecule has 1 aliphatic heterocycles. The van der Waals surface area contributed by atoms with Crippen molar-refractivity contribution in [2.75, 3.05) is 14.7 Å². The largest absolute Gasteiger partial charge is 0.449 e. The van der Waals surface area contributed by atoms with E-state index in [0.29, 0.717) is 5.92 Å². The molecule has 0 amide bonds. The highest BCUT2D eigenvalue weighted by Crippen LogP contribution is 2.57. The summed E-state index contributed by atoms with van der Waals surface area (Å²) >= 11 is 21.7. The molecule has 111 heavy (non-hydrogen) atoms. The summed E-state index contributed by atoms with van der Waals surface area (Å²) in [5.41, 5.74) is 25.5. The zero-order chi connectivity index (χ0) is 75.6. The molecule has 2 saturated carbocycles. The molecule has 6 aliphatic rings. The fraction of sp³-hybridized carbons (Fsp3) is 0.160. The minimum atomic E-state index is -0.673. The normalized spacial score (nSPS) is 16.6. The molecule has 0 aromatic heterocycles. The molecular formula is C100H79Br6N3O2. The predicted octanol–water partition coefficient (Wildman–Crippen LogP) is 32.8. The summed E-state index contributed by atoms with van der Waals surface area (Å²) in [5.74, 6) is 3.81. The zero-order valence-electron chi connectivity index (χ0n) is 61.8. The molecule has 4 bridgehead atoms. The van der Waals surface area contributed by atoms with Crippen molar-refractivity contribution >= 4 is 179 Å². The molecule has 548 valence electrons. The van der Waals surface area contributed by atoms with Crippen LogP contribution in [0, 0.1) is 6.92 Å². The Labute approximate surface area is 701 Å². The van der Waals surface area contributed by atoms with Crippen LogP contribution in [0.3, 0.4) is 0 Å². The number of benzene rings is 15. The summed E-state index contributed by atoms with van der Waals surface area (Å²) in [5, 5.41) is 7.40. The van der Waals surface area contributed by atoms with Gasteiger partial charge in [-0.25, -0.2) is 0 Å². The fourth-order valence-electron chi connectivity index (χ4n) is 17.9. The van der Waals surface area contributed by atoms with Crippen LogP contribution >= 0.6 is 95.6 Å². The molecule has 5 aliphatic carbocycles. The van der Waals surface area contributed by atoms with E-state index in [1.807, 2.05) is 19.9 Å². The van der Waals surface area contributed by atoms with Gasteiger partial charge in [0.2, 0.25) is 5.79 Å². The van der Waals surface area contributed by atoms with E-state index in [2.05, 4.69) is 414 Å². The first-order valence-corrected chi connectivity index (χ1v) is 43.1. The van der Waals surface area contributed by atoms with Crippen molar-refractivity contribution in [1.29, 1.82) is 0 Å². The van der Waals surface area contributed by atoms with Crippen molar-refractivity contribution < 1.29 is 9.47 Å². The third kappa shape index (κ3) is 15.1. The lowest BCUT2D eigenvalue weighted by Crippen LogP contribution is -2.29. The average molecular weight is 1830 g/mol. The highest BCUT2D eigenvalue weighted by molar-refractivity contribution is 9.11. The van der Waals surface area contributed by atoms with Gasteiger partial charge in [-0.15, -0.1) is 0 Å². The van der Waals surface area contributed by atoms with Crippen LogP contribution < -0.4 is 24.2 Å². The number of anilines is 9. The van der Waals surface area contributed by atoms with Crippen LogP contribution in [0.2, 0.25) is 0 Å². The van der Waals surface area contributed by atoms with E-state index in [4.69, 9.17) is 9.47 Å². The Balaban J connectivity index is 0.000000117. The Morgan fingerprint density at radius 2 is 0.613 bits per heavy atom. The molecule has 0 N–H and O–H groups in total. The van der Waals surface area contributed by atoms with Gasteiger partial charge in [0.15, 0.2) is 11.5 Å². The van der Waals surface area contributed by atoms with E-state index in [1.54, 1.807) is 22.3 Å². The standard InChI is InChI=1S/C35H29Br2N.C34H27Br2N.C31H23Br2NO2/c36-28-11-15-30(16-12-28)38(31-17-13-29(37)14-18-31)35-22-26-5-2-1-4-25(26)20-34(35)27-10-19-32-23-6-3-7-24(9-8-23)33(32)21-27;1-21-16-26(19-32-24-6-7-25(17-24)34(21)32)31-18-22-4-2-3-5-23(22)20-33(31)37(29-12-8-27(35)9-13-29)30-14-10-28(36)11-15-30;1-31(2)35-29-16-7-22(19-30(29)36-31)27-17-20-5-3-4-6-21(20)18-28(27)34(25-12-8-23(32)9-13-25)26-14-10-24(33)11-15-26/h1-2,4-5,10-24H,3,6-9H2;2-5,8-16,18-20,24-25H,6-7,17H2,1H3;3-19H,1-2H3. The summed E-state index contributed by atoms with van der Waals surface area (Å²) < 4.78 is 18.4. The minimum Gasteiger partial charge on any atom is -0.449 e. The van der Waals surface area contributed by atoms with Gasteiger partial charge in [0, 0.05) is 91.5 Å². The quantitative estimate of drug-likeness (QED) is 0.122. The first-order chi connectivity index (χ1) is 54.0. The third-order valence-electron chi connectivity index (χ3n) is 23.0. The number of hydrogen-bond donors (Lipinski definition) is 0. The molecule has 1 heterocycles. The maximum Gasteiger partial charge on any atom is 0.246 e. The average Bonchev–Trinajstić information content (AvgIpc) is 1.07. The Bertz CT molecular complexity index is 5870. The van der Waals surface area contributed by atoms with Crippen molar-refractivity contribution in [3.05, 3.63) is 358 Å². The number of fused-ring (bicyclic) bond motifs is 12. The van der Waals surface area contributed by atoms with E-state index >= 15 is 0 Å². The molecule has 4 atom stereocenters. The lowest BCUT2D eigenvalue weighted by Gasteiger charge is -2.30. The first-order valence-electron chi connectivity index (χ1n) is 38.4. The Hall–Kier alpha value is -9.04. The molecular weight excluding hydrogens is 1750 g/mol. The second-order valence-corrected chi connectivity index (χ2v) is 36.0. The number of aryl methyl sites for hydroxylation is 1. The van der Waals surface area contributed by atoms with Gasteiger partial charge in [-0.3, -0.25) is 0 Å². The van der Waals surface area contributed by atoms with Crippen LogP contribution in [0.5, 0.6) is 11.5 Å². The number of hydrogen-bond acceptors (Lipinski definition) is 5. The second kappa shape index (κ2) is 31.1. The van der Waals surface area contributed by atoms with Gasteiger partial charge in [0.1, 0.15) is 0 Å². The number of nitrogens with zero attached hydrogens (tertiary/aromatic N) is 3. The molecule has 11 heteroatoms. The number of ether oxygens (including phenoxy) is 2. The topological polar surface area (TPSA) is 28.2 Å². The lowest BCUT2D eigenvalue weighted by molar-refractivity contribution is -0.0431. The molecule has 15 aromatic rings. The smallest absolute Gasteiger partial charge is 0.246 e. The molecule has 4 unspecified atom stereocenters. The van der Waals surface area contributed by atoms with Crippen LogP contribution in [0.4, 0.5) is 51.2 Å². The van der Waals surface area contributed by atoms with Crippen molar-refractivity contribution in [1.82, 2.24) is 0 Å². The Morgan fingerprint density at radius 3 is 1.02 bits per heavy atom. The van der Waals surface area contributed by atoms with E-state index < -0.39 is 5.79 Å². The van der Waals surface area contributed by atoms with Gasteiger partial charge in [-0.2, -0.15) is 0 Å².